The smallest absolute Gasteiger partial charge is 0.404 e. The van der Waals surface area contributed by atoms with Crippen molar-refractivity contribution in [2.45, 2.75) is 31.7 Å². The van der Waals surface area contributed by atoms with Crippen molar-refractivity contribution in [3.8, 4) is 23.0 Å². The molecule has 4 rings (SSSR count). The number of nitrogens with zero attached hydrogens (tertiary/aromatic N) is 4. The van der Waals surface area contributed by atoms with Crippen LogP contribution in [0, 0.1) is 0 Å². The minimum atomic E-state index is -1.01. The van der Waals surface area contributed by atoms with Gasteiger partial charge in [0.25, 0.3) is 0 Å². The summed E-state index contributed by atoms with van der Waals surface area (Å²) in [6, 6.07) is 11.1. The zero-order valence-corrected chi connectivity index (χ0v) is 16.5. The Bertz CT molecular complexity index is 1020. The molecule has 1 aliphatic carbocycles. The molecule has 0 unspecified atom stereocenters. The van der Waals surface area contributed by atoms with Crippen LogP contribution < -0.4 is 10.1 Å². The average molecular weight is 414 g/mol. The van der Waals surface area contributed by atoms with E-state index < -0.39 is 6.09 Å². The van der Waals surface area contributed by atoms with Gasteiger partial charge in [0.1, 0.15) is 17.3 Å². The summed E-state index contributed by atoms with van der Waals surface area (Å²) in [4.78, 5) is 15.3. The Morgan fingerprint density at radius 2 is 2.14 bits per heavy atom. The quantitative estimate of drug-likeness (QED) is 0.635. The number of amides is 1. The standard InChI is InChI=1S/C20H20ClN5O3/c1-2-29-16-6-7-17(22-11-16)19-25-24-18(12-8-14(9-12)23-20(27)28)26(19)15-5-3-4-13(21)10-15/h3-7,10-12,14,23H,2,8-9H2,1H3,(H,27,28). The van der Waals surface area contributed by atoms with Gasteiger partial charge in [0.15, 0.2) is 5.82 Å². The van der Waals surface area contributed by atoms with Crippen LogP contribution >= 0.6 is 11.6 Å². The van der Waals surface area contributed by atoms with Crippen LogP contribution in [0.3, 0.4) is 0 Å². The average Bonchev–Trinajstić information content (AvgIpc) is 3.09. The number of rotatable bonds is 6. The molecule has 3 aromatic rings. The summed E-state index contributed by atoms with van der Waals surface area (Å²) in [5, 5.41) is 20.8. The fraction of sp³-hybridized carbons (Fsp3) is 0.300. The molecule has 0 saturated heterocycles. The minimum Gasteiger partial charge on any atom is -0.492 e. The number of nitrogens with one attached hydrogen (secondary N) is 1. The lowest BCUT2D eigenvalue weighted by molar-refractivity contribution is 0.176. The van der Waals surface area contributed by atoms with Gasteiger partial charge in [-0.05, 0) is 50.1 Å². The Labute approximate surface area is 172 Å². The molecule has 0 bridgehead atoms. The second kappa shape index (κ2) is 8.08. The Morgan fingerprint density at radius 3 is 2.79 bits per heavy atom. The summed E-state index contributed by atoms with van der Waals surface area (Å²) in [5.41, 5.74) is 1.49. The fourth-order valence-corrected chi connectivity index (χ4v) is 3.67. The summed E-state index contributed by atoms with van der Waals surface area (Å²) < 4.78 is 7.40. The van der Waals surface area contributed by atoms with Crippen LogP contribution in [0.1, 0.15) is 31.5 Å². The van der Waals surface area contributed by atoms with Gasteiger partial charge in [-0.1, -0.05) is 17.7 Å². The Balaban J connectivity index is 1.70. The molecule has 0 aliphatic heterocycles. The zero-order valence-electron chi connectivity index (χ0n) is 15.7. The van der Waals surface area contributed by atoms with E-state index in [1.807, 2.05) is 41.8 Å². The lowest BCUT2D eigenvalue weighted by atomic mass is 9.79. The van der Waals surface area contributed by atoms with E-state index in [0.29, 0.717) is 41.7 Å². The van der Waals surface area contributed by atoms with E-state index in [4.69, 9.17) is 21.4 Å². The molecule has 0 spiro atoms. The molecule has 8 nitrogen and oxygen atoms in total. The molecule has 0 atom stereocenters. The number of hydrogen-bond donors (Lipinski definition) is 2. The molecule has 0 radical (unpaired) electrons. The molecule has 2 N–H and O–H groups in total. The van der Waals surface area contributed by atoms with Gasteiger partial charge in [-0.2, -0.15) is 0 Å². The van der Waals surface area contributed by atoms with Crippen LogP contribution in [0.5, 0.6) is 5.75 Å². The molecule has 1 amide bonds. The normalized spacial score (nSPS) is 18.1. The molecule has 29 heavy (non-hydrogen) atoms. The largest absolute Gasteiger partial charge is 0.492 e. The minimum absolute atomic E-state index is 0.0749. The van der Waals surface area contributed by atoms with Gasteiger partial charge in [-0.15, -0.1) is 10.2 Å². The molecule has 1 aromatic carbocycles. The highest BCUT2D eigenvalue weighted by molar-refractivity contribution is 6.30. The molecular formula is C20H20ClN5O3. The zero-order chi connectivity index (χ0) is 20.4. The highest BCUT2D eigenvalue weighted by atomic mass is 35.5. The maximum absolute atomic E-state index is 10.9. The highest BCUT2D eigenvalue weighted by Gasteiger charge is 2.36. The number of carbonyl (C=O) groups is 1. The van der Waals surface area contributed by atoms with E-state index >= 15 is 0 Å². The van der Waals surface area contributed by atoms with Crippen LogP contribution in [-0.2, 0) is 0 Å². The first-order chi connectivity index (χ1) is 14.0. The van der Waals surface area contributed by atoms with Gasteiger partial charge in [0.2, 0.25) is 0 Å². The molecule has 1 aliphatic rings. The van der Waals surface area contributed by atoms with E-state index in [0.717, 1.165) is 11.5 Å². The molecule has 2 heterocycles. The summed E-state index contributed by atoms with van der Waals surface area (Å²) in [6.45, 7) is 2.48. The first-order valence-corrected chi connectivity index (χ1v) is 9.73. The lowest BCUT2D eigenvalue weighted by Crippen LogP contribution is -2.43. The number of ether oxygens (including phenoxy) is 1. The predicted molar refractivity (Wildman–Crippen MR) is 108 cm³/mol. The SMILES string of the molecule is CCOc1ccc(-c2nnc(C3CC(NC(=O)O)C3)n2-c2cccc(Cl)c2)nc1. The molecular weight excluding hydrogens is 394 g/mol. The van der Waals surface area contributed by atoms with Crippen molar-refractivity contribution in [2.75, 3.05) is 6.61 Å². The second-order valence-corrected chi connectivity index (χ2v) is 7.26. The second-order valence-electron chi connectivity index (χ2n) is 6.82. The summed E-state index contributed by atoms with van der Waals surface area (Å²) in [5.74, 6) is 2.14. The predicted octanol–water partition coefficient (Wildman–Crippen LogP) is 3.90. The molecule has 1 fully saturated rings. The van der Waals surface area contributed by atoms with Gasteiger partial charge >= 0.3 is 6.09 Å². The van der Waals surface area contributed by atoms with Gasteiger partial charge in [-0.25, -0.2) is 9.78 Å². The Hall–Kier alpha value is -3.13. The van der Waals surface area contributed by atoms with Crippen molar-refractivity contribution in [2.24, 2.45) is 0 Å². The summed E-state index contributed by atoms with van der Waals surface area (Å²) in [7, 11) is 0. The number of pyridine rings is 1. The maximum Gasteiger partial charge on any atom is 0.404 e. The van der Waals surface area contributed by atoms with Crippen molar-refractivity contribution in [1.82, 2.24) is 25.1 Å². The van der Waals surface area contributed by atoms with Crippen LogP contribution in [0.15, 0.2) is 42.6 Å². The van der Waals surface area contributed by atoms with Crippen LogP contribution in [0.2, 0.25) is 5.02 Å². The number of hydrogen-bond acceptors (Lipinski definition) is 5. The van der Waals surface area contributed by atoms with Crippen LogP contribution in [0.25, 0.3) is 17.2 Å². The lowest BCUT2D eigenvalue weighted by Gasteiger charge is -2.34. The molecule has 2 aromatic heterocycles. The summed E-state index contributed by atoms with van der Waals surface area (Å²) in [6.07, 6.45) is 1.98. The van der Waals surface area contributed by atoms with Gasteiger partial charge in [0, 0.05) is 17.0 Å². The highest BCUT2D eigenvalue weighted by Crippen LogP contribution is 2.38. The van der Waals surface area contributed by atoms with Crippen molar-refractivity contribution in [1.29, 1.82) is 0 Å². The Morgan fingerprint density at radius 1 is 1.31 bits per heavy atom. The fourth-order valence-electron chi connectivity index (χ4n) is 3.48. The van der Waals surface area contributed by atoms with Crippen molar-refractivity contribution >= 4 is 17.7 Å². The number of halogens is 1. The Kier molecular flexibility index (Phi) is 5.35. The van der Waals surface area contributed by atoms with E-state index in [1.54, 1.807) is 12.3 Å². The maximum atomic E-state index is 10.9. The van der Waals surface area contributed by atoms with Crippen molar-refractivity contribution in [3.05, 3.63) is 53.4 Å². The monoisotopic (exact) mass is 413 g/mol. The first kappa shape index (κ1) is 19.2. The van der Waals surface area contributed by atoms with Gasteiger partial charge in [0.05, 0.1) is 18.5 Å². The van der Waals surface area contributed by atoms with Crippen molar-refractivity contribution < 1.29 is 14.6 Å². The first-order valence-electron chi connectivity index (χ1n) is 9.35. The van der Waals surface area contributed by atoms with E-state index in [1.165, 1.54) is 0 Å². The topological polar surface area (TPSA) is 102 Å². The van der Waals surface area contributed by atoms with Crippen LogP contribution in [0.4, 0.5) is 4.79 Å². The van der Waals surface area contributed by atoms with E-state index in [-0.39, 0.29) is 12.0 Å². The number of aromatic nitrogens is 4. The van der Waals surface area contributed by atoms with Crippen molar-refractivity contribution in [3.63, 3.8) is 0 Å². The third-order valence-electron chi connectivity index (χ3n) is 4.86. The number of carboxylic acid groups (broad SMARTS) is 1. The van der Waals surface area contributed by atoms with Gasteiger partial charge in [-0.3, -0.25) is 4.57 Å². The van der Waals surface area contributed by atoms with E-state index in [2.05, 4.69) is 20.5 Å². The third-order valence-corrected chi connectivity index (χ3v) is 5.10. The van der Waals surface area contributed by atoms with Crippen LogP contribution in [-0.4, -0.2) is 43.6 Å². The third kappa shape index (κ3) is 4.02. The molecule has 1 saturated carbocycles. The van der Waals surface area contributed by atoms with E-state index in [9.17, 15) is 4.79 Å². The van der Waals surface area contributed by atoms with Gasteiger partial charge < -0.3 is 15.2 Å². The number of benzene rings is 1. The molecule has 9 heteroatoms. The summed E-state index contributed by atoms with van der Waals surface area (Å²) >= 11 is 6.21. The molecule has 150 valence electrons.